The van der Waals surface area contributed by atoms with E-state index in [9.17, 15) is 0 Å². The number of nitrogens with zero attached hydrogens (tertiary/aromatic N) is 1. The van der Waals surface area contributed by atoms with Crippen molar-refractivity contribution in [3.05, 3.63) is 29.8 Å². The lowest BCUT2D eigenvalue weighted by molar-refractivity contribution is 0.399. The van der Waals surface area contributed by atoms with Crippen molar-refractivity contribution < 1.29 is 0 Å². The molecule has 0 aliphatic heterocycles. The first-order chi connectivity index (χ1) is 8.25. The zero-order chi connectivity index (χ0) is 12.1. The Labute approximate surface area is 110 Å². The van der Waals surface area contributed by atoms with Crippen molar-refractivity contribution in [3.8, 4) is 0 Å². The highest BCUT2D eigenvalue weighted by molar-refractivity contribution is 8.00. The van der Waals surface area contributed by atoms with Crippen molar-refractivity contribution in [2.24, 2.45) is 0 Å². The SMILES string of the molecule is CN(C)Cc1ccccc1SC1CCCCC1. The van der Waals surface area contributed by atoms with Crippen LogP contribution in [0.1, 0.15) is 37.7 Å². The van der Waals surface area contributed by atoms with Crippen LogP contribution in [0.3, 0.4) is 0 Å². The van der Waals surface area contributed by atoms with Gasteiger partial charge in [-0.3, -0.25) is 0 Å². The van der Waals surface area contributed by atoms with Crippen LogP contribution in [0.5, 0.6) is 0 Å². The summed E-state index contributed by atoms with van der Waals surface area (Å²) < 4.78 is 0. The molecule has 0 radical (unpaired) electrons. The van der Waals surface area contributed by atoms with E-state index in [4.69, 9.17) is 0 Å². The summed E-state index contributed by atoms with van der Waals surface area (Å²) in [4.78, 5) is 3.74. The van der Waals surface area contributed by atoms with Gasteiger partial charge in [0.1, 0.15) is 0 Å². The van der Waals surface area contributed by atoms with Crippen LogP contribution < -0.4 is 0 Å². The number of benzene rings is 1. The zero-order valence-corrected chi connectivity index (χ0v) is 11.8. The van der Waals surface area contributed by atoms with Gasteiger partial charge < -0.3 is 4.90 Å². The van der Waals surface area contributed by atoms with Crippen LogP contribution in [0.15, 0.2) is 29.2 Å². The minimum absolute atomic E-state index is 0.854. The summed E-state index contributed by atoms with van der Waals surface area (Å²) in [5, 5.41) is 0.854. The predicted molar refractivity (Wildman–Crippen MR) is 76.6 cm³/mol. The summed E-state index contributed by atoms with van der Waals surface area (Å²) in [5.41, 5.74) is 1.48. The molecular formula is C15H23NS. The summed E-state index contributed by atoms with van der Waals surface area (Å²) >= 11 is 2.11. The van der Waals surface area contributed by atoms with Gasteiger partial charge in [-0.05, 0) is 38.6 Å². The Morgan fingerprint density at radius 2 is 1.82 bits per heavy atom. The molecule has 0 bridgehead atoms. The molecule has 17 heavy (non-hydrogen) atoms. The van der Waals surface area contributed by atoms with Crippen LogP contribution in [0, 0.1) is 0 Å². The van der Waals surface area contributed by atoms with Crippen molar-refractivity contribution >= 4 is 11.8 Å². The van der Waals surface area contributed by atoms with E-state index in [2.05, 4.69) is 55.0 Å². The lowest BCUT2D eigenvalue weighted by atomic mass is 10.0. The third kappa shape index (κ3) is 4.04. The minimum atomic E-state index is 0.854. The van der Waals surface area contributed by atoms with E-state index in [1.54, 1.807) is 0 Å². The highest BCUT2D eigenvalue weighted by Crippen LogP contribution is 2.35. The maximum atomic E-state index is 2.29. The first kappa shape index (κ1) is 13.0. The molecular weight excluding hydrogens is 226 g/mol. The van der Waals surface area contributed by atoms with E-state index >= 15 is 0 Å². The molecule has 0 aromatic heterocycles. The molecule has 1 aromatic carbocycles. The molecule has 0 atom stereocenters. The number of rotatable bonds is 4. The van der Waals surface area contributed by atoms with Gasteiger partial charge in [0.2, 0.25) is 0 Å². The van der Waals surface area contributed by atoms with Crippen molar-refractivity contribution in [1.82, 2.24) is 4.90 Å². The molecule has 0 amide bonds. The Kier molecular flexibility index (Phi) is 4.93. The normalized spacial score (nSPS) is 17.6. The second kappa shape index (κ2) is 6.46. The maximum absolute atomic E-state index is 2.29. The Bertz CT molecular complexity index is 343. The zero-order valence-electron chi connectivity index (χ0n) is 11.0. The molecule has 1 nitrogen and oxygen atoms in total. The average Bonchev–Trinajstić information content (AvgIpc) is 2.32. The second-order valence-corrected chi connectivity index (χ2v) is 6.57. The summed E-state index contributed by atoms with van der Waals surface area (Å²) in [6.45, 7) is 1.05. The lowest BCUT2D eigenvalue weighted by Gasteiger charge is -2.22. The Morgan fingerprint density at radius 3 is 2.53 bits per heavy atom. The van der Waals surface area contributed by atoms with Gasteiger partial charge in [0.05, 0.1) is 0 Å². The van der Waals surface area contributed by atoms with Crippen molar-refractivity contribution in [1.29, 1.82) is 0 Å². The topological polar surface area (TPSA) is 3.24 Å². The van der Waals surface area contributed by atoms with Crippen LogP contribution >= 0.6 is 11.8 Å². The molecule has 2 rings (SSSR count). The van der Waals surface area contributed by atoms with Crippen LogP contribution in [-0.2, 0) is 6.54 Å². The fourth-order valence-corrected chi connectivity index (χ4v) is 3.82. The monoisotopic (exact) mass is 249 g/mol. The maximum Gasteiger partial charge on any atom is 0.0238 e. The summed E-state index contributed by atoms with van der Waals surface area (Å²) in [6.07, 6.45) is 7.10. The van der Waals surface area contributed by atoms with Crippen molar-refractivity contribution in [2.45, 2.75) is 48.8 Å². The van der Waals surface area contributed by atoms with Gasteiger partial charge in [0.15, 0.2) is 0 Å². The summed E-state index contributed by atoms with van der Waals surface area (Å²) in [5.74, 6) is 0. The van der Waals surface area contributed by atoms with Gasteiger partial charge in [0, 0.05) is 16.7 Å². The summed E-state index contributed by atoms with van der Waals surface area (Å²) in [7, 11) is 4.28. The Hall–Kier alpha value is -0.470. The summed E-state index contributed by atoms with van der Waals surface area (Å²) in [6, 6.07) is 8.89. The Balaban J connectivity index is 2.03. The number of thioether (sulfide) groups is 1. The molecule has 1 fully saturated rings. The van der Waals surface area contributed by atoms with E-state index < -0.39 is 0 Å². The predicted octanol–water partition coefficient (Wildman–Crippen LogP) is 4.17. The molecule has 0 N–H and O–H groups in total. The second-order valence-electron chi connectivity index (χ2n) is 5.22. The third-order valence-corrected chi connectivity index (χ3v) is 4.76. The van der Waals surface area contributed by atoms with Crippen LogP contribution in [0.2, 0.25) is 0 Å². The highest BCUT2D eigenvalue weighted by atomic mass is 32.2. The van der Waals surface area contributed by atoms with E-state index in [1.807, 2.05) is 0 Å². The molecule has 94 valence electrons. The molecule has 0 saturated heterocycles. The quantitative estimate of drug-likeness (QED) is 0.788. The molecule has 1 aliphatic rings. The van der Waals surface area contributed by atoms with Gasteiger partial charge in [-0.2, -0.15) is 0 Å². The van der Waals surface area contributed by atoms with Gasteiger partial charge in [-0.25, -0.2) is 0 Å². The number of hydrogen-bond donors (Lipinski definition) is 0. The van der Waals surface area contributed by atoms with E-state index in [1.165, 1.54) is 42.6 Å². The molecule has 0 spiro atoms. The molecule has 0 heterocycles. The van der Waals surface area contributed by atoms with Gasteiger partial charge in [-0.15, -0.1) is 11.8 Å². The van der Waals surface area contributed by atoms with E-state index in [0.717, 1.165) is 11.8 Å². The molecule has 2 heteroatoms. The average molecular weight is 249 g/mol. The van der Waals surface area contributed by atoms with Gasteiger partial charge >= 0.3 is 0 Å². The third-order valence-electron chi connectivity index (χ3n) is 3.31. The largest absolute Gasteiger partial charge is 0.305 e. The Morgan fingerprint density at radius 1 is 1.12 bits per heavy atom. The fourth-order valence-electron chi connectivity index (χ4n) is 2.45. The van der Waals surface area contributed by atoms with Crippen molar-refractivity contribution in [3.63, 3.8) is 0 Å². The first-order valence-corrected chi connectivity index (χ1v) is 7.53. The lowest BCUT2D eigenvalue weighted by Crippen LogP contribution is -2.12. The first-order valence-electron chi connectivity index (χ1n) is 6.65. The smallest absolute Gasteiger partial charge is 0.0238 e. The van der Waals surface area contributed by atoms with Crippen molar-refractivity contribution in [2.75, 3.05) is 14.1 Å². The van der Waals surface area contributed by atoms with E-state index in [-0.39, 0.29) is 0 Å². The van der Waals surface area contributed by atoms with E-state index in [0.29, 0.717) is 0 Å². The van der Waals surface area contributed by atoms with Crippen LogP contribution in [-0.4, -0.2) is 24.2 Å². The molecule has 0 unspecified atom stereocenters. The number of hydrogen-bond acceptors (Lipinski definition) is 2. The molecule has 1 saturated carbocycles. The van der Waals surface area contributed by atoms with Crippen LogP contribution in [0.4, 0.5) is 0 Å². The van der Waals surface area contributed by atoms with Crippen LogP contribution in [0.25, 0.3) is 0 Å². The molecule has 1 aliphatic carbocycles. The highest BCUT2D eigenvalue weighted by Gasteiger charge is 2.16. The standard InChI is InChI=1S/C15H23NS/c1-16(2)12-13-8-6-7-11-15(13)17-14-9-4-3-5-10-14/h6-8,11,14H,3-5,9-10,12H2,1-2H3. The van der Waals surface area contributed by atoms with Gasteiger partial charge in [0.25, 0.3) is 0 Å². The fraction of sp³-hybridized carbons (Fsp3) is 0.600. The molecule has 1 aromatic rings. The van der Waals surface area contributed by atoms with Gasteiger partial charge in [-0.1, -0.05) is 37.5 Å². The minimum Gasteiger partial charge on any atom is -0.305 e.